The number of carboxylic acids is 1. The van der Waals surface area contributed by atoms with Gasteiger partial charge < -0.3 is 15.2 Å². The zero-order chi connectivity index (χ0) is 12.8. The largest absolute Gasteiger partial charge is 0.492 e. The minimum Gasteiger partial charge on any atom is -0.492 e. The second kappa shape index (κ2) is 6.40. The van der Waals surface area contributed by atoms with Gasteiger partial charge in [0.15, 0.2) is 0 Å². The van der Waals surface area contributed by atoms with E-state index >= 15 is 0 Å². The van der Waals surface area contributed by atoms with E-state index in [2.05, 4.69) is 5.32 Å². The fraction of sp³-hybridized carbons (Fsp3) is 0.500. The second-order valence-electron chi connectivity index (χ2n) is 4.62. The van der Waals surface area contributed by atoms with Gasteiger partial charge in [-0.05, 0) is 31.0 Å². The summed E-state index contributed by atoms with van der Waals surface area (Å²) >= 11 is 0. The Morgan fingerprint density at radius 2 is 2.17 bits per heavy atom. The van der Waals surface area contributed by atoms with Crippen LogP contribution in [0.5, 0.6) is 5.75 Å². The van der Waals surface area contributed by atoms with Gasteiger partial charge in [0.25, 0.3) is 0 Å². The third-order valence-electron chi connectivity index (χ3n) is 3.24. The minimum atomic E-state index is -0.926. The Bertz CT molecular complexity index is 400. The lowest BCUT2D eigenvalue weighted by Crippen LogP contribution is -2.30. The summed E-state index contributed by atoms with van der Waals surface area (Å²) in [5.74, 6) is -0.312. The molecule has 2 N–H and O–H groups in total. The summed E-state index contributed by atoms with van der Waals surface area (Å²) in [4.78, 5) is 10.8. The van der Waals surface area contributed by atoms with Crippen LogP contribution in [0.3, 0.4) is 0 Å². The summed E-state index contributed by atoms with van der Waals surface area (Å²) in [5.41, 5.74) is 0.260. The monoisotopic (exact) mass is 249 g/mol. The highest BCUT2D eigenvalue weighted by molar-refractivity contribution is 5.87. The molecule has 1 aliphatic rings. The van der Waals surface area contributed by atoms with E-state index in [1.165, 1.54) is 25.7 Å². The van der Waals surface area contributed by atoms with Gasteiger partial charge in [-0.3, -0.25) is 0 Å². The number of carboxylic acid groups (broad SMARTS) is 1. The SMILES string of the molecule is O=C(O)c1cccc(OCCNC2CCCC2)c1. The van der Waals surface area contributed by atoms with Crippen molar-refractivity contribution in [2.45, 2.75) is 31.7 Å². The van der Waals surface area contributed by atoms with Crippen molar-refractivity contribution in [3.8, 4) is 5.75 Å². The molecule has 4 nitrogen and oxygen atoms in total. The smallest absolute Gasteiger partial charge is 0.335 e. The average Bonchev–Trinajstić information content (AvgIpc) is 2.88. The second-order valence-corrected chi connectivity index (χ2v) is 4.62. The van der Waals surface area contributed by atoms with Gasteiger partial charge >= 0.3 is 5.97 Å². The number of hydrogen-bond acceptors (Lipinski definition) is 3. The summed E-state index contributed by atoms with van der Waals surface area (Å²) in [5, 5.41) is 12.3. The molecule has 0 atom stereocenters. The number of benzene rings is 1. The zero-order valence-electron chi connectivity index (χ0n) is 10.4. The Labute approximate surface area is 107 Å². The summed E-state index contributed by atoms with van der Waals surface area (Å²) in [6, 6.07) is 7.23. The van der Waals surface area contributed by atoms with Gasteiger partial charge in [-0.25, -0.2) is 4.79 Å². The molecule has 1 aromatic carbocycles. The molecule has 1 aliphatic carbocycles. The van der Waals surface area contributed by atoms with E-state index in [1.807, 2.05) is 0 Å². The molecular weight excluding hydrogens is 230 g/mol. The molecule has 0 aromatic heterocycles. The van der Waals surface area contributed by atoms with Gasteiger partial charge in [0.1, 0.15) is 12.4 Å². The van der Waals surface area contributed by atoms with Crippen LogP contribution in [0.2, 0.25) is 0 Å². The van der Waals surface area contributed by atoms with E-state index in [-0.39, 0.29) is 5.56 Å². The van der Waals surface area contributed by atoms with Gasteiger partial charge in [-0.15, -0.1) is 0 Å². The maximum atomic E-state index is 10.8. The van der Waals surface area contributed by atoms with Crippen molar-refractivity contribution in [1.82, 2.24) is 5.32 Å². The predicted molar refractivity (Wildman–Crippen MR) is 69.2 cm³/mol. The molecule has 0 spiro atoms. The number of ether oxygens (including phenoxy) is 1. The van der Waals surface area contributed by atoms with Crippen LogP contribution in [0.4, 0.5) is 0 Å². The summed E-state index contributed by atoms with van der Waals surface area (Å²) in [6.45, 7) is 1.38. The number of aromatic carboxylic acids is 1. The Kier molecular flexibility index (Phi) is 4.59. The van der Waals surface area contributed by atoms with E-state index in [9.17, 15) is 4.79 Å². The van der Waals surface area contributed by atoms with Crippen LogP contribution in [0.25, 0.3) is 0 Å². The average molecular weight is 249 g/mol. The maximum absolute atomic E-state index is 10.8. The van der Waals surface area contributed by atoms with Crippen LogP contribution >= 0.6 is 0 Å². The highest BCUT2D eigenvalue weighted by Gasteiger charge is 2.13. The molecule has 4 heteroatoms. The van der Waals surface area contributed by atoms with Gasteiger partial charge in [-0.2, -0.15) is 0 Å². The summed E-state index contributed by atoms with van der Waals surface area (Å²) < 4.78 is 5.53. The normalized spacial score (nSPS) is 15.8. The van der Waals surface area contributed by atoms with Gasteiger partial charge in [0.2, 0.25) is 0 Å². The van der Waals surface area contributed by atoms with Crippen LogP contribution in [-0.2, 0) is 0 Å². The van der Waals surface area contributed by atoms with Crippen LogP contribution in [0.15, 0.2) is 24.3 Å². The molecule has 0 unspecified atom stereocenters. The molecular formula is C14H19NO3. The van der Waals surface area contributed by atoms with Crippen molar-refractivity contribution >= 4 is 5.97 Å². The molecule has 1 fully saturated rings. The lowest BCUT2D eigenvalue weighted by Gasteiger charge is -2.12. The lowest BCUT2D eigenvalue weighted by molar-refractivity contribution is 0.0696. The Morgan fingerprint density at radius 3 is 2.89 bits per heavy atom. The van der Waals surface area contributed by atoms with Crippen LogP contribution < -0.4 is 10.1 Å². The molecule has 2 rings (SSSR count). The Balaban J connectivity index is 1.72. The third kappa shape index (κ3) is 3.74. The highest BCUT2D eigenvalue weighted by Crippen LogP contribution is 2.17. The van der Waals surface area contributed by atoms with Gasteiger partial charge in [0, 0.05) is 12.6 Å². The van der Waals surface area contributed by atoms with E-state index in [0.717, 1.165) is 6.54 Å². The van der Waals surface area contributed by atoms with Crippen molar-refractivity contribution in [1.29, 1.82) is 0 Å². The molecule has 0 amide bonds. The Morgan fingerprint density at radius 1 is 1.39 bits per heavy atom. The first kappa shape index (κ1) is 12.9. The van der Waals surface area contributed by atoms with Crippen LogP contribution in [0.1, 0.15) is 36.0 Å². The fourth-order valence-electron chi connectivity index (χ4n) is 2.28. The van der Waals surface area contributed by atoms with Crippen LogP contribution in [-0.4, -0.2) is 30.3 Å². The van der Waals surface area contributed by atoms with E-state index < -0.39 is 5.97 Å². The molecule has 0 heterocycles. The van der Waals surface area contributed by atoms with E-state index in [0.29, 0.717) is 18.4 Å². The summed E-state index contributed by atoms with van der Waals surface area (Å²) in [7, 11) is 0. The molecule has 0 saturated heterocycles. The number of rotatable bonds is 6. The third-order valence-corrected chi connectivity index (χ3v) is 3.24. The van der Waals surface area contributed by atoms with Gasteiger partial charge in [-0.1, -0.05) is 18.9 Å². The van der Waals surface area contributed by atoms with Crippen molar-refractivity contribution in [2.75, 3.05) is 13.2 Å². The van der Waals surface area contributed by atoms with Crippen molar-refractivity contribution in [3.63, 3.8) is 0 Å². The summed E-state index contributed by atoms with van der Waals surface area (Å²) in [6.07, 6.45) is 5.15. The number of nitrogens with one attached hydrogen (secondary N) is 1. The van der Waals surface area contributed by atoms with Gasteiger partial charge in [0.05, 0.1) is 5.56 Å². The lowest BCUT2D eigenvalue weighted by atomic mass is 10.2. The quantitative estimate of drug-likeness (QED) is 0.759. The molecule has 0 bridgehead atoms. The maximum Gasteiger partial charge on any atom is 0.335 e. The Hall–Kier alpha value is -1.55. The fourth-order valence-corrected chi connectivity index (χ4v) is 2.28. The zero-order valence-corrected chi connectivity index (χ0v) is 10.4. The van der Waals surface area contributed by atoms with E-state index in [1.54, 1.807) is 24.3 Å². The highest BCUT2D eigenvalue weighted by atomic mass is 16.5. The van der Waals surface area contributed by atoms with Crippen molar-refractivity contribution < 1.29 is 14.6 Å². The molecule has 1 aromatic rings. The minimum absolute atomic E-state index is 0.260. The topological polar surface area (TPSA) is 58.6 Å². The van der Waals surface area contributed by atoms with Crippen molar-refractivity contribution in [2.24, 2.45) is 0 Å². The predicted octanol–water partition coefficient (Wildman–Crippen LogP) is 2.30. The molecule has 1 saturated carbocycles. The molecule has 98 valence electrons. The number of carbonyl (C=O) groups is 1. The first-order valence-corrected chi connectivity index (χ1v) is 6.45. The first-order chi connectivity index (χ1) is 8.75. The van der Waals surface area contributed by atoms with Crippen molar-refractivity contribution in [3.05, 3.63) is 29.8 Å². The standard InChI is InChI=1S/C14H19NO3/c16-14(17)11-4-3-7-13(10-11)18-9-8-15-12-5-1-2-6-12/h3-4,7,10,12,15H,1-2,5-6,8-9H2,(H,16,17). The first-order valence-electron chi connectivity index (χ1n) is 6.45. The van der Waals surface area contributed by atoms with E-state index in [4.69, 9.17) is 9.84 Å². The molecule has 18 heavy (non-hydrogen) atoms. The molecule has 0 aliphatic heterocycles. The number of hydrogen-bond donors (Lipinski definition) is 2. The van der Waals surface area contributed by atoms with Crippen LogP contribution in [0, 0.1) is 0 Å². The molecule has 0 radical (unpaired) electrons.